The van der Waals surface area contributed by atoms with E-state index in [4.69, 9.17) is 0 Å². The van der Waals surface area contributed by atoms with Gasteiger partial charge in [-0.3, -0.25) is 4.79 Å². The summed E-state index contributed by atoms with van der Waals surface area (Å²) in [4.78, 5) is 16.4. The average Bonchev–Trinajstić information content (AvgIpc) is 3.65. The molecule has 2 aromatic heterocycles. The number of alkyl halides is 3. The fourth-order valence-corrected chi connectivity index (χ4v) is 4.73. The van der Waals surface area contributed by atoms with Crippen molar-refractivity contribution in [3.05, 3.63) is 76.5 Å². The van der Waals surface area contributed by atoms with Gasteiger partial charge in [-0.05, 0) is 59.0 Å². The molecule has 0 spiro atoms. The molecule has 0 unspecified atom stereocenters. The summed E-state index contributed by atoms with van der Waals surface area (Å²) in [6.07, 6.45) is -1.06. The Morgan fingerprint density at radius 3 is 2.50 bits per heavy atom. The van der Waals surface area contributed by atoms with Crippen LogP contribution in [0.4, 0.5) is 24.5 Å². The molecule has 1 saturated heterocycles. The molecular formula is C25H21F3N6OS. The second kappa shape index (κ2) is 9.94. The second-order valence-corrected chi connectivity index (χ2v) is 9.18. The van der Waals surface area contributed by atoms with E-state index in [9.17, 15) is 18.0 Å². The number of halogens is 3. The first kappa shape index (κ1) is 23.7. The first-order valence-corrected chi connectivity index (χ1v) is 12.1. The van der Waals surface area contributed by atoms with Gasteiger partial charge < -0.3 is 10.2 Å². The third-order valence-corrected chi connectivity index (χ3v) is 6.62. The number of anilines is 2. The van der Waals surface area contributed by atoms with E-state index in [-0.39, 0.29) is 11.4 Å². The molecule has 0 saturated carbocycles. The number of nitrogens with zero attached hydrogens (tertiary/aromatic N) is 5. The standard InChI is InChI=1S/C25H21F3N6OS/c26-25(27,28)18-10-11-21(33-12-4-5-13-33)20(15-18)29-24(35)22(16-19-9-6-14-36-19)34-23(30-31-32-34)17-7-2-1-3-8-17/h1-3,6-11,14-16H,4-5,12-13H2,(H,29,35)/b22-16+. The molecule has 2 aromatic carbocycles. The zero-order chi connectivity index (χ0) is 25.1. The average molecular weight is 511 g/mol. The van der Waals surface area contributed by atoms with Gasteiger partial charge in [0.15, 0.2) is 5.82 Å². The fourth-order valence-electron chi connectivity index (χ4n) is 4.08. The zero-order valence-electron chi connectivity index (χ0n) is 18.9. The molecule has 3 heterocycles. The molecule has 4 aromatic rings. The number of aromatic nitrogens is 4. The minimum atomic E-state index is -4.55. The Balaban J connectivity index is 1.57. The number of carbonyl (C=O) groups is 1. The highest BCUT2D eigenvalue weighted by Crippen LogP contribution is 2.37. The smallest absolute Gasteiger partial charge is 0.370 e. The Labute approximate surface area is 208 Å². The van der Waals surface area contributed by atoms with Crippen molar-refractivity contribution in [2.45, 2.75) is 19.0 Å². The molecule has 1 aliphatic rings. The third kappa shape index (κ3) is 5.01. The molecular weight excluding hydrogens is 489 g/mol. The van der Waals surface area contributed by atoms with Gasteiger partial charge in [-0.2, -0.15) is 17.9 Å². The molecule has 0 bridgehead atoms. The van der Waals surface area contributed by atoms with E-state index in [0.29, 0.717) is 30.2 Å². The van der Waals surface area contributed by atoms with Gasteiger partial charge >= 0.3 is 6.18 Å². The van der Waals surface area contributed by atoms with E-state index >= 15 is 0 Å². The summed E-state index contributed by atoms with van der Waals surface area (Å²) in [6.45, 7) is 1.41. The SMILES string of the molecule is O=C(Nc1cc(C(F)(F)F)ccc1N1CCCC1)/C(=C\c1cccs1)n1nnnc1-c1ccccc1. The lowest BCUT2D eigenvalue weighted by Gasteiger charge is -2.23. The summed E-state index contributed by atoms with van der Waals surface area (Å²) < 4.78 is 41.9. The van der Waals surface area contributed by atoms with E-state index < -0.39 is 17.6 Å². The first-order valence-electron chi connectivity index (χ1n) is 11.3. The van der Waals surface area contributed by atoms with Crippen molar-refractivity contribution in [3.63, 3.8) is 0 Å². The number of benzene rings is 2. The number of amides is 1. The molecule has 1 amide bonds. The summed E-state index contributed by atoms with van der Waals surface area (Å²) in [5.41, 5.74) is 0.555. The summed E-state index contributed by atoms with van der Waals surface area (Å²) >= 11 is 1.41. The highest BCUT2D eigenvalue weighted by atomic mass is 32.1. The molecule has 1 N–H and O–H groups in total. The Morgan fingerprint density at radius 1 is 1.03 bits per heavy atom. The van der Waals surface area contributed by atoms with Crippen LogP contribution in [-0.4, -0.2) is 39.2 Å². The van der Waals surface area contributed by atoms with Gasteiger partial charge in [0, 0.05) is 23.5 Å². The molecule has 0 radical (unpaired) electrons. The van der Waals surface area contributed by atoms with E-state index in [2.05, 4.69) is 20.8 Å². The number of tetrazole rings is 1. The molecule has 0 aliphatic carbocycles. The summed E-state index contributed by atoms with van der Waals surface area (Å²) in [5.74, 6) is -0.301. The fraction of sp³-hybridized carbons (Fsp3) is 0.200. The lowest BCUT2D eigenvalue weighted by Crippen LogP contribution is -2.24. The van der Waals surface area contributed by atoms with Crippen LogP contribution in [0.25, 0.3) is 23.2 Å². The van der Waals surface area contributed by atoms with E-state index in [0.717, 1.165) is 29.9 Å². The molecule has 11 heteroatoms. The maximum Gasteiger partial charge on any atom is 0.416 e. The second-order valence-electron chi connectivity index (χ2n) is 8.20. The van der Waals surface area contributed by atoms with Crippen molar-refractivity contribution >= 4 is 40.4 Å². The summed E-state index contributed by atoms with van der Waals surface area (Å²) in [6, 6.07) is 16.2. The van der Waals surface area contributed by atoms with Crippen molar-refractivity contribution in [2.24, 2.45) is 0 Å². The van der Waals surface area contributed by atoms with Crippen LogP contribution in [0.2, 0.25) is 0 Å². The van der Waals surface area contributed by atoms with Gasteiger partial charge in [-0.25, -0.2) is 0 Å². The first-order chi connectivity index (χ1) is 17.4. The molecule has 184 valence electrons. The molecule has 36 heavy (non-hydrogen) atoms. The Hall–Kier alpha value is -3.99. The predicted octanol–water partition coefficient (Wildman–Crippen LogP) is 5.66. The maximum absolute atomic E-state index is 13.7. The van der Waals surface area contributed by atoms with Crippen molar-refractivity contribution in [3.8, 4) is 11.4 Å². The summed E-state index contributed by atoms with van der Waals surface area (Å²) in [5, 5.41) is 16.4. The number of rotatable bonds is 6. The Kier molecular flexibility index (Phi) is 6.55. The van der Waals surface area contributed by atoms with Crippen LogP contribution in [0.3, 0.4) is 0 Å². The monoisotopic (exact) mass is 510 g/mol. The quantitative estimate of drug-likeness (QED) is 0.339. The Bertz CT molecular complexity index is 1380. The van der Waals surface area contributed by atoms with Gasteiger partial charge in [0.2, 0.25) is 0 Å². The number of thiophene rings is 1. The van der Waals surface area contributed by atoms with Crippen LogP contribution < -0.4 is 10.2 Å². The topological polar surface area (TPSA) is 75.9 Å². The number of nitrogens with one attached hydrogen (secondary N) is 1. The molecule has 5 rings (SSSR count). The van der Waals surface area contributed by atoms with E-state index in [1.807, 2.05) is 40.6 Å². The van der Waals surface area contributed by atoms with Crippen molar-refractivity contribution in [1.29, 1.82) is 0 Å². The van der Waals surface area contributed by atoms with Crippen LogP contribution in [0, 0.1) is 0 Å². The highest BCUT2D eigenvalue weighted by Gasteiger charge is 2.32. The van der Waals surface area contributed by atoms with Crippen molar-refractivity contribution < 1.29 is 18.0 Å². The zero-order valence-corrected chi connectivity index (χ0v) is 19.8. The molecule has 1 fully saturated rings. The molecule has 0 atom stereocenters. The summed E-state index contributed by atoms with van der Waals surface area (Å²) in [7, 11) is 0. The maximum atomic E-state index is 13.7. The number of hydrogen-bond acceptors (Lipinski definition) is 6. The van der Waals surface area contributed by atoms with Gasteiger partial charge in [0.25, 0.3) is 5.91 Å². The molecule has 1 aliphatic heterocycles. The number of hydrogen-bond donors (Lipinski definition) is 1. The largest absolute Gasteiger partial charge is 0.416 e. The number of carbonyl (C=O) groups excluding carboxylic acids is 1. The minimum Gasteiger partial charge on any atom is -0.370 e. The lowest BCUT2D eigenvalue weighted by molar-refractivity contribution is -0.137. The van der Waals surface area contributed by atoms with Crippen LogP contribution >= 0.6 is 11.3 Å². The normalized spacial score (nSPS) is 14.3. The lowest BCUT2D eigenvalue weighted by atomic mass is 10.1. The third-order valence-electron chi connectivity index (χ3n) is 5.80. The van der Waals surface area contributed by atoms with Gasteiger partial charge in [-0.1, -0.05) is 36.4 Å². The van der Waals surface area contributed by atoms with Crippen LogP contribution in [0.5, 0.6) is 0 Å². The Morgan fingerprint density at radius 2 is 1.81 bits per heavy atom. The highest BCUT2D eigenvalue weighted by molar-refractivity contribution is 7.10. The predicted molar refractivity (Wildman–Crippen MR) is 133 cm³/mol. The van der Waals surface area contributed by atoms with Gasteiger partial charge in [-0.15, -0.1) is 16.4 Å². The van der Waals surface area contributed by atoms with Gasteiger partial charge in [0.1, 0.15) is 5.70 Å². The van der Waals surface area contributed by atoms with Crippen LogP contribution in [0.15, 0.2) is 66.0 Å². The van der Waals surface area contributed by atoms with Crippen molar-refractivity contribution in [2.75, 3.05) is 23.3 Å². The van der Waals surface area contributed by atoms with E-state index in [1.54, 1.807) is 18.2 Å². The van der Waals surface area contributed by atoms with Gasteiger partial charge in [0.05, 0.1) is 16.9 Å². The minimum absolute atomic E-state index is 0.0751. The van der Waals surface area contributed by atoms with Crippen LogP contribution in [-0.2, 0) is 11.0 Å². The molecule has 7 nitrogen and oxygen atoms in total. The van der Waals surface area contributed by atoms with E-state index in [1.165, 1.54) is 22.1 Å². The van der Waals surface area contributed by atoms with Crippen LogP contribution in [0.1, 0.15) is 23.3 Å². The van der Waals surface area contributed by atoms with Crippen molar-refractivity contribution in [1.82, 2.24) is 20.2 Å².